The molecule has 1 heterocycles. The van der Waals surface area contributed by atoms with Crippen molar-refractivity contribution in [3.63, 3.8) is 0 Å². The molecule has 0 N–H and O–H groups in total. The number of carbonyl (C=O) groups excluding carboxylic acids is 1. The first kappa shape index (κ1) is 19.8. The third-order valence-electron chi connectivity index (χ3n) is 4.32. The van der Waals surface area contributed by atoms with E-state index in [0.717, 1.165) is 17.4 Å². The summed E-state index contributed by atoms with van der Waals surface area (Å²) >= 11 is 0. The van der Waals surface area contributed by atoms with Gasteiger partial charge in [0, 0.05) is 0 Å². The van der Waals surface area contributed by atoms with E-state index < -0.39 is 5.41 Å². The lowest BCUT2D eigenvalue weighted by atomic mass is 9.91. The van der Waals surface area contributed by atoms with E-state index >= 15 is 0 Å². The summed E-state index contributed by atoms with van der Waals surface area (Å²) in [4.78, 5) is 12.0. The third-order valence-corrected chi connectivity index (χ3v) is 4.32. The van der Waals surface area contributed by atoms with E-state index in [1.807, 2.05) is 66.7 Å². The Balaban J connectivity index is 1.64. The number of hydrogen-bond donors (Lipinski definition) is 0. The minimum atomic E-state index is -0.893. The van der Waals surface area contributed by atoms with Crippen LogP contribution in [0.4, 0.5) is 0 Å². The van der Waals surface area contributed by atoms with Gasteiger partial charge in [-0.15, -0.1) is 0 Å². The van der Waals surface area contributed by atoms with Crippen LogP contribution in [0.15, 0.2) is 89.6 Å². The zero-order chi connectivity index (χ0) is 19.5. The first-order valence-corrected chi connectivity index (χ1v) is 9.22. The summed E-state index contributed by atoms with van der Waals surface area (Å²) in [6, 6.07) is 23.4. The molecule has 3 rings (SSSR count). The second-order valence-electron chi connectivity index (χ2n) is 6.66. The minimum absolute atomic E-state index is 0.220. The van der Waals surface area contributed by atoms with Crippen LogP contribution < -0.4 is 0 Å². The molecular formula is C24H24O4. The highest BCUT2D eigenvalue weighted by molar-refractivity contribution is 5.66. The fourth-order valence-electron chi connectivity index (χ4n) is 2.75. The Kier molecular flexibility index (Phi) is 7.36. The zero-order valence-corrected chi connectivity index (χ0v) is 15.7. The molecule has 144 valence electrons. The zero-order valence-electron chi connectivity index (χ0n) is 15.7. The lowest BCUT2D eigenvalue weighted by Gasteiger charge is -2.24. The lowest BCUT2D eigenvalue weighted by Crippen LogP contribution is -2.32. The van der Waals surface area contributed by atoms with E-state index in [1.54, 1.807) is 24.5 Å². The summed E-state index contributed by atoms with van der Waals surface area (Å²) in [5.74, 6) is 0.678. The molecule has 0 aliphatic carbocycles. The van der Waals surface area contributed by atoms with Crippen LogP contribution in [-0.4, -0.2) is 19.5 Å². The Morgan fingerprint density at radius 2 is 1.36 bits per heavy atom. The van der Waals surface area contributed by atoms with Gasteiger partial charge in [0.1, 0.15) is 12.0 Å². The van der Waals surface area contributed by atoms with Crippen LogP contribution in [0.1, 0.15) is 16.9 Å². The molecule has 0 radical (unpaired) electrons. The molecule has 0 aliphatic rings. The molecule has 0 atom stereocenters. The van der Waals surface area contributed by atoms with Gasteiger partial charge < -0.3 is 18.7 Å². The Morgan fingerprint density at radius 1 is 0.786 bits per heavy atom. The van der Waals surface area contributed by atoms with Crippen LogP contribution >= 0.6 is 0 Å². The molecule has 1 aromatic heterocycles. The number of aldehydes is 1. The molecule has 0 aliphatic heterocycles. The van der Waals surface area contributed by atoms with Crippen molar-refractivity contribution in [2.75, 3.05) is 13.2 Å². The molecule has 0 unspecified atom stereocenters. The fraction of sp³-hybridized carbons (Fsp3) is 0.208. The molecule has 28 heavy (non-hydrogen) atoms. The predicted octanol–water partition coefficient (Wildman–Crippen LogP) is 4.91. The topological polar surface area (TPSA) is 48.7 Å². The van der Waals surface area contributed by atoms with Crippen LogP contribution in [0.25, 0.3) is 6.08 Å². The van der Waals surface area contributed by atoms with Crippen molar-refractivity contribution >= 4 is 12.4 Å². The molecule has 4 nitrogen and oxygen atoms in total. The summed E-state index contributed by atoms with van der Waals surface area (Å²) in [7, 11) is 0. The van der Waals surface area contributed by atoms with E-state index in [0.29, 0.717) is 19.0 Å². The molecular weight excluding hydrogens is 352 g/mol. The van der Waals surface area contributed by atoms with E-state index in [9.17, 15) is 4.79 Å². The van der Waals surface area contributed by atoms with Gasteiger partial charge in [0.05, 0.1) is 38.1 Å². The quantitative estimate of drug-likeness (QED) is 0.446. The highest BCUT2D eigenvalue weighted by Gasteiger charge is 2.28. The van der Waals surface area contributed by atoms with E-state index in [1.165, 1.54) is 0 Å². The number of benzene rings is 2. The summed E-state index contributed by atoms with van der Waals surface area (Å²) in [6.07, 6.45) is 6.07. The summed E-state index contributed by atoms with van der Waals surface area (Å²) in [5, 5.41) is 0. The van der Waals surface area contributed by atoms with Crippen LogP contribution in [0.5, 0.6) is 0 Å². The number of carbonyl (C=O) groups is 1. The summed E-state index contributed by atoms with van der Waals surface area (Å²) in [5.41, 5.74) is 1.22. The highest BCUT2D eigenvalue weighted by atomic mass is 16.5. The molecule has 0 saturated carbocycles. The van der Waals surface area contributed by atoms with Gasteiger partial charge in [-0.3, -0.25) is 0 Å². The van der Waals surface area contributed by atoms with E-state index in [4.69, 9.17) is 13.9 Å². The first-order chi connectivity index (χ1) is 13.8. The Bertz CT molecular complexity index is 793. The summed E-state index contributed by atoms with van der Waals surface area (Å²) in [6.45, 7) is 1.31. The second-order valence-corrected chi connectivity index (χ2v) is 6.66. The molecule has 2 aromatic carbocycles. The van der Waals surface area contributed by atoms with E-state index in [-0.39, 0.29) is 13.2 Å². The average molecular weight is 376 g/mol. The van der Waals surface area contributed by atoms with Crippen LogP contribution in [0.2, 0.25) is 0 Å². The van der Waals surface area contributed by atoms with Gasteiger partial charge in [0.2, 0.25) is 0 Å². The van der Waals surface area contributed by atoms with Gasteiger partial charge in [-0.05, 0) is 29.3 Å². The number of rotatable bonds is 11. The van der Waals surface area contributed by atoms with Gasteiger partial charge in [-0.25, -0.2) is 0 Å². The van der Waals surface area contributed by atoms with Crippen molar-refractivity contribution in [3.05, 3.63) is 102 Å². The smallest absolute Gasteiger partial charge is 0.134 e. The van der Waals surface area contributed by atoms with Gasteiger partial charge in [-0.2, -0.15) is 0 Å². The van der Waals surface area contributed by atoms with Crippen LogP contribution in [0, 0.1) is 5.41 Å². The van der Waals surface area contributed by atoms with Gasteiger partial charge in [0.15, 0.2) is 0 Å². The third kappa shape index (κ3) is 6.05. The molecule has 0 saturated heterocycles. The molecule has 3 aromatic rings. The SMILES string of the molecule is O=CC(/C=C/c1ccco1)(COCc1ccccc1)COCc1ccccc1. The molecule has 4 heteroatoms. The standard InChI is InChI=1S/C24H24O4/c25-18-24(14-13-23-12-7-15-28-23,19-26-16-21-8-3-1-4-9-21)20-27-17-22-10-5-2-6-11-22/h1-15,18H,16-17,19-20H2/b14-13+. The molecule has 0 fully saturated rings. The average Bonchev–Trinajstić information content (AvgIpc) is 3.27. The van der Waals surface area contributed by atoms with Crippen molar-refractivity contribution in [1.82, 2.24) is 0 Å². The van der Waals surface area contributed by atoms with Crippen molar-refractivity contribution in [3.8, 4) is 0 Å². The number of ether oxygens (including phenoxy) is 2. The Hall–Kier alpha value is -2.95. The predicted molar refractivity (Wildman–Crippen MR) is 108 cm³/mol. The molecule has 0 amide bonds. The van der Waals surface area contributed by atoms with Crippen molar-refractivity contribution < 1.29 is 18.7 Å². The number of hydrogen-bond acceptors (Lipinski definition) is 4. The maximum Gasteiger partial charge on any atom is 0.134 e. The van der Waals surface area contributed by atoms with Crippen molar-refractivity contribution in [2.45, 2.75) is 13.2 Å². The van der Waals surface area contributed by atoms with Gasteiger partial charge in [-0.1, -0.05) is 66.7 Å². The number of furan rings is 1. The minimum Gasteiger partial charge on any atom is -0.465 e. The monoisotopic (exact) mass is 376 g/mol. The van der Waals surface area contributed by atoms with Crippen molar-refractivity contribution in [2.24, 2.45) is 5.41 Å². The fourth-order valence-corrected chi connectivity index (χ4v) is 2.75. The normalized spacial score (nSPS) is 11.7. The highest BCUT2D eigenvalue weighted by Crippen LogP contribution is 2.22. The molecule has 0 bridgehead atoms. The van der Waals surface area contributed by atoms with Crippen LogP contribution in [-0.2, 0) is 27.5 Å². The first-order valence-electron chi connectivity index (χ1n) is 9.22. The Morgan fingerprint density at radius 3 is 1.82 bits per heavy atom. The van der Waals surface area contributed by atoms with Gasteiger partial charge >= 0.3 is 0 Å². The Labute approximate surface area is 165 Å². The second kappa shape index (κ2) is 10.4. The van der Waals surface area contributed by atoms with Crippen LogP contribution in [0.3, 0.4) is 0 Å². The molecule has 0 spiro atoms. The van der Waals surface area contributed by atoms with Gasteiger partial charge in [0.25, 0.3) is 0 Å². The van der Waals surface area contributed by atoms with E-state index in [2.05, 4.69) is 0 Å². The van der Waals surface area contributed by atoms with Crippen molar-refractivity contribution in [1.29, 1.82) is 0 Å². The lowest BCUT2D eigenvalue weighted by molar-refractivity contribution is -0.121. The summed E-state index contributed by atoms with van der Waals surface area (Å²) < 4.78 is 17.0. The maximum atomic E-state index is 12.0. The largest absolute Gasteiger partial charge is 0.465 e. The maximum absolute atomic E-state index is 12.0.